The molecule has 1 N–H and O–H groups in total. The van der Waals surface area contributed by atoms with Crippen LogP contribution in [0.2, 0.25) is 0 Å². The lowest BCUT2D eigenvalue weighted by molar-refractivity contribution is 0.0950. The van der Waals surface area contributed by atoms with Crippen LogP contribution >= 0.6 is 0 Å². The number of aromatic nitrogens is 1. The SMILES string of the molecule is COc1cc(C(=O)NCc2ccnc(OCc3ccccc3)c2)ccc1OC1CCCC1. The normalized spacial score (nSPS) is 13.5. The minimum absolute atomic E-state index is 0.181. The molecule has 4 rings (SSSR count). The van der Waals surface area contributed by atoms with Gasteiger partial charge in [-0.2, -0.15) is 0 Å². The van der Waals surface area contributed by atoms with Crippen LogP contribution in [-0.2, 0) is 13.2 Å². The van der Waals surface area contributed by atoms with Gasteiger partial charge in [-0.15, -0.1) is 0 Å². The van der Waals surface area contributed by atoms with Gasteiger partial charge in [0.05, 0.1) is 13.2 Å². The lowest BCUT2D eigenvalue weighted by Crippen LogP contribution is -2.23. The van der Waals surface area contributed by atoms with Crippen molar-refractivity contribution < 1.29 is 19.0 Å². The third-order valence-corrected chi connectivity index (χ3v) is 5.50. The third-order valence-electron chi connectivity index (χ3n) is 5.50. The first-order valence-corrected chi connectivity index (χ1v) is 11.0. The van der Waals surface area contributed by atoms with Crippen molar-refractivity contribution in [1.82, 2.24) is 10.3 Å². The number of hydrogen-bond donors (Lipinski definition) is 1. The van der Waals surface area contributed by atoms with Gasteiger partial charge in [-0.05, 0) is 61.1 Å². The Bertz CT molecular complexity index is 1030. The second-order valence-corrected chi connectivity index (χ2v) is 7.85. The number of nitrogens with zero attached hydrogens (tertiary/aromatic N) is 1. The summed E-state index contributed by atoms with van der Waals surface area (Å²) in [6.07, 6.45) is 6.43. The molecule has 0 spiro atoms. The fourth-order valence-electron chi connectivity index (χ4n) is 3.75. The van der Waals surface area contributed by atoms with Crippen LogP contribution in [0.5, 0.6) is 17.4 Å². The van der Waals surface area contributed by atoms with E-state index in [0.29, 0.717) is 36.1 Å². The number of rotatable bonds is 9. The summed E-state index contributed by atoms with van der Waals surface area (Å²) in [5.74, 6) is 1.60. The van der Waals surface area contributed by atoms with Gasteiger partial charge in [0.15, 0.2) is 11.5 Å². The Balaban J connectivity index is 1.34. The lowest BCUT2D eigenvalue weighted by atomic mass is 10.1. The predicted octanol–water partition coefficient (Wildman–Crippen LogP) is 4.92. The van der Waals surface area contributed by atoms with Gasteiger partial charge in [0.2, 0.25) is 5.88 Å². The van der Waals surface area contributed by atoms with Gasteiger partial charge < -0.3 is 19.5 Å². The van der Waals surface area contributed by atoms with Crippen LogP contribution in [0.25, 0.3) is 0 Å². The molecule has 0 aliphatic heterocycles. The van der Waals surface area contributed by atoms with Crippen molar-refractivity contribution in [3.8, 4) is 17.4 Å². The molecule has 1 saturated carbocycles. The average Bonchev–Trinajstić information content (AvgIpc) is 3.35. The number of nitrogens with one attached hydrogen (secondary N) is 1. The van der Waals surface area contributed by atoms with E-state index < -0.39 is 0 Å². The summed E-state index contributed by atoms with van der Waals surface area (Å²) in [4.78, 5) is 16.9. The Morgan fingerprint density at radius 1 is 1.00 bits per heavy atom. The molecule has 1 aromatic heterocycles. The summed E-state index contributed by atoms with van der Waals surface area (Å²) < 4.78 is 17.3. The van der Waals surface area contributed by atoms with E-state index in [9.17, 15) is 4.79 Å². The Morgan fingerprint density at radius 3 is 2.59 bits per heavy atom. The fraction of sp³-hybridized carbons (Fsp3) is 0.308. The maximum absolute atomic E-state index is 12.7. The van der Waals surface area contributed by atoms with Crippen molar-refractivity contribution in [3.63, 3.8) is 0 Å². The molecule has 6 heteroatoms. The zero-order valence-corrected chi connectivity index (χ0v) is 18.3. The highest BCUT2D eigenvalue weighted by Gasteiger charge is 2.19. The van der Waals surface area contributed by atoms with Gasteiger partial charge in [0.1, 0.15) is 6.61 Å². The topological polar surface area (TPSA) is 69.7 Å². The minimum Gasteiger partial charge on any atom is -0.493 e. The Morgan fingerprint density at radius 2 is 1.81 bits per heavy atom. The number of amides is 1. The number of carbonyl (C=O) groups is 1. The second-order valence-electron chi connectivity index (χ2n) is 7.85. The zero-order chi connectivity index (χ0) is 22.2. The molecular formula is C26H28N2O4. The van der Waals surface area contributed by atoms with Crippen LogP contribution in [-0.4, -0.2) is 24.1 Å². The maximum atomic E-state index is 12.7. The van der Waals surface area contributed by atoms with Crippen molar-refractivity contribution in [3.05, 3.63) is 83.6 Å². The van der Waals surface area contributed by atoms with Crippen LogP contribution < -0.4 is 19.5 Å². The second kappa shape index (κ2) is 10.7. The largest absolute Gasteiger partial charge is 0.493 e. The first kappa shape index (κ1) is 21.7. The standard InChI is InChI=1S/C26H28N2O4/c1-30-24-16-21(11-12-23(24)32-22-9-5-6-10-22)26(29)28-17-20-13-14-27-25(15-20)31-18-19-7-3-2-4-8-19/h2-4,7-8,11-16,22H,5-6,9-10,17-18H2,1H3,(H,28,29). The smallest absolute Gasteiger partial charge is 0.251 e. The summed E-state index contributed by atoms with van der Waals surface area (Å²) in [7, 11) is 1.59. The summed E-state index contributed by atoms with van der Waals surface area (Å²) in [6.45, 7) is 0.810. The van der Waals surface area contributed by atoms with Gasteiger partial charge in [-0.1, -0.05) is 30.3 Å². The maximum Gasteiger partial charge on any atom is 0.251 e. The zero-order valence-electron chi connectivity index (χ0n) is 18.3. The third kappa shape index (κ3) is 5.78. The molecule has 32 heavy (non-hydrogen) atoms. The van der Waals surface area contributed by atoms with Crippen LogP contribution in [0.3, 0.4) is 0 Å². The van der Waals surface area contributed by atoms with Crippen LogP contribution in [0, 0.1) is 0 Å². The van der Waals surface area contributed by atoms with Gasteiger partial charge >= 0.3 is 0 Å². The van der Waals surface area contributed by atoms with E-state index in [1.165, 1.54) is 12.8 Å². The summed E-state index contributed by atoms with van der Waals surface area (Å²) in [5.41, 5.74) is 2.50. The molecule has 1 aliphatic rings. The summed E-state index contributed by atoms with van der Waals surface area (Å²) in [5, 5.41) is 2.94. The molecule has 0 bridgehead atoms. The van der Waals surface area contributed by atoms with Gasteiger partial charge in [0.25, 0.3) is 5.91 Å². The average molecular weight is 433 g/mol. The molecule has 0 unspecified atom stereocenters. The molecule has 0 atom stereocenters. The highest BCUT2D eigenvalue weighted by atomic mass is 16.5. The quantitative estimate of drug-likeness (QED) is 0.520. The summed E-state index contributed by atoms with van der Waals surface area (Å²) >= 11 is 0. The van der Waals surface area contributed by atoms with E-state index in [4.69, 9.17) is 14.2 Å². The van der Waals surface area contributed by atoms with Crippen molar-refractivity contribution in [2.24, 2.45) is 0 Å². The molecule has 6 nitrogen and oxygen atoms in total. The molecule has 166 valence electrons. The van der Waals surface area contributed by atoms with Gasteiger partial charge in [-0.3, -0.25) is 4.79 Å². The Labute approximate surface area is 188 Å². The number of ether oxygens (including phenoxy) is 3. The van der Waals surface area contributed by atoms with Crippen LogP contribution in [0.15, 0.2) is 66.9 Å². The van der Waals surface area contributed by atoms with E-state index >= 15 is 0 Å². The van der Waals surface area contributed by atoms with E-state index in [-0.39, 0.29) is 12.0 Å². The lowest BCUT2D eigenvalue weighted by Gasteiger charge is -2.16. The van der Waals surface area contributed by atoms with Crippen molar-refractivity contribution >= 4 is 5.91 Å². The monoisotopic (exact) mass is 432 g/mol. The molecule has 0 saturated heterocycles. The molecule has 1 amide bonds. The molecule has 3 aromatic rings. The van der Waals surface area contributed by atoms with Crippen molar-refractivity contribution in [1.29, 1.82) is 0 Å². The Hall–Kier alpha value is -3.54. The number of methoxy groups -OCH3 is 1. The molecular weight excluding hydrogens is 404 g/mol. The van der Waals surface area contributed by atoms with E-state index in [1.807, 2.05) is 48.5 Å². The highest BCUT2D eigenvalue weighted by Crippen LogP contribution is 2.32. The summed E-state index contributed by atoms with van der Waals surface area (Å²) in [6, 6.07) is 18.9. The molecule has 0 radical (unpaired) electrons. The minimum atomic E-state index is -0.181. The van der Waals surface area contributed by atoms with Crippen molar-refractivity contribution in [2.75, 3.05) is 7.11 Å². The molecule has 1 aliphatic carbocycles. The van der Waals surface area contributed by atoms with Gasteiger partial charge in [-0.25, -0.2) is 4.98 Å². The van der Waals surface area contributed by atoms with Crippen molar-refractivity contribution in [2.45, 2.75) is 44.9 Å². The van der Waals surface area contributed by atoms with E-state index in [1.54, 1.807) is 25.4 Å². The van der Waals surface area contributed by atoms with Crippen LogP contribution in [0.4, 0.5) is 0 Å². The highest BCUT2D eigenvalue weighted by molar-refractivity contribution is 5.94. The van der Waals surface area contributed by atoms with Gasteiger partial charge in [0, 0.05) is 24.4 Å². The molecule has 1 fully saturated rings. The number of carbonyl (C=O) groups excluding carboxylic acids is 1. The number of pyridine rings is 1. The molecule has 2 aromatic carbocycles. The first-order valence-electron chi connectivity index (χ1n) is 11.0. The molecule has 1 heterocycles. The first-order chi connectivity index (χ1) is 15.7. The number of benzene rings is 2. The Kier molecular flexibility index (Phi) is 7.23. The van der Waals surface area contributed by atoms with Crippen LogP contribution in [0.1, 0.15) is 47.2 Å². The van der Waals surface area contributed by atoms with E-state index in [2.05, 4.69) is 10.3 Å². The number of hydrogen-bond acceptors (Lipinski definition) is 5. The van der Waals surface area contributed by atoms with E-state index in [0.717, 1.165) is 24.0 Å². The fourth-order valence-corrected chi connectivity index (χ4v) is 3.75. The predicted molar refractivity (Wildman–Crippen MR) is 122 cm³/mol.